The number of amides is 1. The first-order valence-corrected chi connectivity index (χ1v) is 10.4. The number of nitrogens with one attached hydrogen (secondary N) is 3. The van der Waals surface area contributed by atoms with E-state index < -0.39 is 11.6 Å². The summed E-state index contributed by atoms with van der Waals surface area (Å²) in [5.74, 6) is -0.204. The maximum absolute atomic E-state index is 14.1. The first kappa shape index (κ1) is 22.5. The summed E-state index contributed by atoms with van der Waals surface area (Å²) in [4.78, 5) is 22.4. The summed E-state index contributed by atoms with van der Waals surface area (Å²) in [6.07, 6.45) is 2.63. The van der Waals surface area contributed by atoms with Crippen LogP contribution < -0.4 is 20.9 Å². The number of hydrogen-bond acceptors (Lipinski definition) is 4. The molecular formula is C22H28F2N6O. The van der Waals surface area contributed by atoms with E-state index in [0.717, 1.165) is 12.0 Å². The van der Waals surface area contributed by atoms with Crippen molar-refractivity contribution in [1.82, 2.24) is 15.6 Å². The highest BCUT2D eigenvalue weighted by molar-refractivity contribution is 5.90. The van der Waals surface area contributed by atoms with Gasteiger partial charge in [-0.3, -0.25) is 9.79 Å². The second-order valence-electron chi connectivity index (χ2n) is 7.43. The van der Waals surface area contributed by atoms with Crippen molar-refractivity contribution in [3.8, 4) is 0 Å². The average molecular weight is 431 g/mol. The minimum atomic E-state index is -0.560. The molecule has 3 rings (SSSR count). The largest absolute Gasteiger partial charge is 0.365 e. The van der Waals surface area contributed by atoms with E-state index >= 15 is 0 Å². The van der Waals surface area contributed by atoms with Gasteiger partial charge in [-0.05, 0) is 44.0 Å². The Kier molecular flexibility index (Phi) is 7.75. The number of carbonyl (C=O) groups is 1. The Hall–Kier alpha value is -3.23. The molecule has 7 nitrogen and oxygen atoms in total. The van der Waals surface area contributed by atoms with Crippen molar-refractivity contribution in [2.75, 3.05) is 36.4 Å². The van der Waals surface area contributed by atoms with Gasteiger partial charge >= 0.3 is 0 Å². The highest BCUT2D eigenvalue weighted by Crippen LogP contribution is 2.26. The van der Waals surface area contributed by atoms with Crippen LogP contribution in [0.2, 0.25) is 0 Å². The van der Waals surface area contributed by atoms with Gasteiger partial charge in [-0.2, -0.15) is 0 Å². The lowest BCUT2D eigenvalue weighted by Crippen LogP contribution is -2.44. The monoisotopic (exact) mass is 430 g/mol. The van der Waals surface area contributed by atoms with Gasteiger partial charge in [-0.25, -0.2) is 13.8 Å². The first-order valence-electron chi connectivity index (χ1n) is 10.4. The number of guanidine groups is 1. The molecule has 1 aromatic carbocycles. The second kappa shape index (κ2) is 10.7. The zero-order valence-electron chi connectivity index (χ0n) is 17.8. The van der Waals surface area contributed by atoms with E-state index in [1.165, 1.54) is 18.2 Å². The SMILES string of the molecule is CCNC(=NCCC(=O)Nc1ccc(C)cn1)NC1CCN(c2c(F)cccc2F)C1. The molecular weight excluding hydrogens is 402 g/mol. The van der Waals surface area contributed by atoms with Crippen LogP contribution in [-0.4, -0.2) is 49.1 Å². The Morgan fingerprint density at radius 2 is 2.03 bits per heavy atom. The van der Waals surface area contributed by atoms with Crippen molar-refractivity contribution in [2.45, 2.75) is 32.7 Å². The van der Waals surface area contributed by atoms with Crippen LogP contribution in [-0.2, 0) is 4.79 Å². The molecule has 1 aliphatic rings. The Labute approximate surface area is 181 Å². The number of benzene rings is 1. The molecule has 3 N–H and O–H groups in total. The zero-order chi connectivity index (χ0) is 22.2. The maximum atomic E-state index is 14.1. The Bertz CT molecular complexity index is 898. The van der Waals surface area contributed by atoms with Crippen LogP contribution in [0, 0.1) is 18.6 Å². The van der Waals surface area contributed by atoms with Crippen molar-refractivity contribution >= 4 is 23.4 Å². The Morgan fingerprint density at radius 3 is 2.71 bits per heavy atom. The topological polar surface area (TPSA) is 81.6 Å². The van der Waals surface area contributed by atoms with Crippen molar-refractivity contribution in [2.24, 2.45) is 4.99 Å². The number of pyridine rings is 1. The van der Waals surface area contributed by atoms with E-state index in [1.54, 1.807) is 17.2 Å². The molecule has 31 heavy (non-hydrogen) atoms. The summed E-state index contributed by atoms with van der Waals surface area (Å²) < 4.78 is 28.1. The van der Waals surface area contributed by atoms with E-state index in [1.807, 2.05) is 19.9 Å². The molecule has 9 heteroatoms. The van der Waals surface area contributed by atoms with Crippen molar-refractivity contribution < 1.29 is 13.6 Å². The number of rotatable bonds is 7. The smallest absolute Gasteiger partial charge is 0.227 e. The molecule has 0 bridgehead atoms. The van der Waals surface area contributed by atoms with Gasteiger partial charge in [0.15, 0.2) is 5.96 Å². The number of para-hydroxylation sites is 1. The molecule has 0 saturated carbocycles. The predicted molar refractivity (Wildman–Crippen MR) is 118 cm³/mol. The molecule has 1 atom stereocenters. The van der Waals surface area contributed by atoms with Crippen LogP contribution in [0.15, 0.2) is 41.5 Å². The van der Waals surface area contributed by atoms with E-state index in [0.29, 0.717) is 38.0 Å². The fraction of sp³-hybridized carbons (Fsp3) is 0.409. The van der Waals surface area contributed by atoms with E-state index in [-0.39, 0.29) is 24.1 Å². The quantitative estimate of drug-likeness (QED) is 0.465. The van der Waals surface area contributed by atoms with E-state index in [2.05, 4.69) is 25.9 Å². The van der Waals surface area contributed by atoms with Gasteiger partial charge < -0.3 is 20.9 Å². The number of aryl methyl sites for hydroxylation is 1. The molecule has 0 radical (unpaired) electrons. The predicted octanol–water partition coefficient (Wildman–Crippen LogP) is 2.83. The summed E-state index contributed by atoms with van der Waals surface area (Å²) in [7, 11) is 0. The fourth-order valence-electron chi connectivity index (χ4n) is 3.40. The van der Waals surface area contributed by atoms with Crippen LogP contribution in [0.25, 0.3) is 0 Å². The van der Waals surface area contributed by atoms with Gasteiger partial charge in [0.25, 0.3) is 0 Å². The molecule has 1 fully saturated rings. The van der Waals surface area contributed by atoms with Gasteiger partial charge in [0.2, 0.25) is 5.91 Å². The number of aliphatic imine (C=N–C) groups is 1. The first-order chi connectivity index (χ1) is 15.0. The van der Waals surface area contributed by atoms with Crippen LogP contribution in [0.3, 0.4) is 0 Å². The summed E-state index contributed by atoms with van der Waals surface area (Å²) in [5, 5.41) is 9.18. The Morgan fingerprint density at radius 1 is 1.26 bits per heavy atom. The molecule has 1 aliphatic heterocycles. The lowest BCUT2D eigenvalue weighted by molar-refractivity contribution is -0.116. The van der Waals surface area contributed by atoms with Gasteiger partial charge in [0, 0.05) is 38.3 Å². The normalized spacial score (nSPS) is 16.3. The summed E-state index contributed by atoms with van der Waals surface area (Å²) in [5.41, 5.74) is 1.03. The molecule has 0 aliphatic carbocycles. The van der Waals surface area contributed by atoms with Crippen LogP contribution in [0.4, 0.5) is 20.3 Å². The number of nitrogens with zero attached hydrogens (tertiary/aromatic N) is 3. The summed E-state index contributed by atoms with van der Waals surface area (Å²) in [6.45, 7) is 5.83. The number of hydrogen-bond donors (Lipinski definition) is 3. The molecule has 166 valence electrons. The Balaban J connectivity index is 1.51. The molecule has 2 aromatic rings. The van der Waals surface area contributed by atoms with Crippen molar-refractivity contribution in [3.05, 3.63) is 53.7 Å². The minimum Gasteiger partial charge on any atom is -0.365 e. The maximum Gasteiger partial charge on any atom is 0.227 e. The zero-order valence-corrected chi connectivity index (χ0v) is 17.8. The van der Waals surface area contributed by atoms with Gasteiger partial charge in [-0.1, -0.05) is 12.1 Å². The summed E-state index contributed by atoms with van der Waals surface area (Å²) in [6, 6.07) is 7.52. The lowest BCUT2D eigenvalue weighted by atomic mass is 10.2. The molecule has 1 amide bonds. The van der Waals surface area contributed by atoms with E-state index in [4.69, 9.17) is 0 Å². The van der Waals surface area contributed by atoms with E-state index in [9.17, 15) is 13.6 Å². The molecule has 1 saturated heterocycles. The third-order valence-electron chi connectivity index (χ3n) is 4.91. The summed E-state index contributed by atoms with van der Waals surface area (Å²) >= 11 is 0. The van der Waals surface area contributed by atoms with Gasteiger partial charge in [0.05, 0.1) is 6.54 Å². The third-order valence-corrected chi connectivity index (χ3v) is 4.91. The molecule has 0 spiro atoms. The van der Waals surface area contributed by atoms with Crippen LogP contribution in [0.1, 0.15) is 25.3 Å². The number of carbonyl (C=O) groups excluding carboxylic acids is 1. The third kappa shape index (κ3) is 6.37. The van der Waals surface area contributed by atoms with Crippen molar-refractivity contribution in [3.63, 3.8) is 0 Å². The second-order valence-corrected chi connectivity index (χ2v) is 7.43. The average Bonchev–Trinajstić information content (AvgIpc) is 3.17. The number of anilines is 2. The highest BCUT2D eigenvalue weighted by Gasteiger charge is 2.27. The highest BCUT2D eigenvalue weighted by atomic mass is 19.1. The fourth-order valence-corrected chi connectivity index (χ4v) is 3.40. The number of halogens is 2. The lowest BCUT2D eigenvalue weighted by Gasteiger charge is -2.21. The molecule has 1 aromatic heterocycles. The van der Waals surface area contributed by atoms with Crippen LogP contribution in [0.5, 0.6) is 0 Å². The van der Waals surface area contributed by atoms with Crippen molar-refractivity contribution in [1.29, 1.82) is 0 Å². The minimum absolute atomic E-state index is 0.00938. The standard InChI is InChI=1S/C22H28F2N6O/c1-3-25-22(26-11-9-20(31)29-19-8-7-15(2)13-27-19)28-16-10-12-30(14-16)21-17(23)5-4-6-18(21)24/h4-8,13,16H,3,9-12,14H2,1-2H3,(H2,25,26,28)(H,27,29,31). The van der Waals surface area contributed by atoms with Crippen LogP contribution >= 0.6 is 0 Å². The molecule has 2 heterocycles. The number of aromatic nitrogens is 1. The molecule has 1 unspecified atom stereocenters. The van der Waals surface area contributed by atoms with Gasteiger partial charge in [0.1, 0.15) is 23.1 Å². The van der Waals surface area contributed by atoms with Gasteiger partial charge in [-0.15, -0.1) is 0 Å².